The number of piperazine rings is 1. The number of nitrogens with one attached hydrogen (secondary N) is 2. The predicted octanol–water partition coefficient (Wildman–Crippen LogP) is 3.93. The largest absolute Gasteiger partial charge is 0.368 e. The lowest BCUT2D eigenvalue weighted by Crippen LogP contribution is -2.43. The van der Waals surface area contributed by atoms with Gasteiger partial charge in [-0.05, 0) is 26.2 Å². The van der Waals surface area contributed by atoms with Crippen molar-refractivity contribution in [2.75, 3.05) is 51.7 Å². The van der Waals surface area contributed by atoms with Crippen molar-refractivity contribution in [1.29, 1.82) is 0 Å². The summed E-state index contributed by atoms with van der Waals surface area (Å²) in [6, 6.07) is 4.11. The number of rotatable bonds is 5. The third kappa shape index (κ3) is 6.51. The third-order valence-electron chi connectivity index (χ3n) is 3.92. The fourth-order valence-electron chi connectivity index (χ4n) is 2.94. The van der Waals surface area contributed by atoms with Crippen LogP contribution in [0.25, 0.3) is 11.0 Å². The Bertz CT molecular complexity index is 676. The van der Waals surface area contributed by atoms with Gasteiger partial charge in [-0.1, -0.05) is 30.3 Å². The minimum absolute atomic E-state index is 0. The SMILES string of the molecule is CC(CN(C)C)Sc1nc2cc(Cl)c(N3CCNCC3)cc2[nH]1.Cl.Cl.Cl. The van der Waals surface area contributed by atoms with Gasteiger partial charge in [0.05, 0.1) is 21.7 Å². The van der Waals surface area contributed by atoms with E-state index in [1.54, 1.807) is 11.8 Å². The highest BCUT2D eigenvalue weighted by Crippen LogP contribution is 2.32. The van der Waals surface area contributed by atoms with Gasteiger partial charge in [-0.3, -0.25) is 0 Å². The minimum atomic E-state index is 0. The van der Waals surface area contributed by atoms with Gasteiger partial charge in [0, 0.05) is 38.0 Å². The number of fused-ring (bicyclic) bond motifs is 1. The summed E-state index contributed by atoms with van der Waals surface area (Å²) in [5.41, 5.74) is 3.10. The van der Waals surface area contributed by atoms with Crippen LogP contribution in [0, 0.1) is 0 Å². The number of H-pyrrole nitrogens is 1. The number of imidazole rings is 1. The molecular weight excluding hydrogens is 436 g/mol. The maximum absolute atomic E-state index is 6.49. The molecule has 1 atom stereocenters. The fraction of sp³-hybridized carbons (Fsp3) is 0.562. The van der Waals surface area contributed by atoms with Crippen molar-refractivity contribution in [1.82, 2.24) is 20.2 Å². The van der Waals surface area contributed by atoms with E-state index in [0.29, 0.717) is 5.25 Å². The van der Waals surface area contributed by atoms with Crippen LogP contribution in [0.3, 0.4) is 0 Å². The Morgan fingerprint density at radius 2 is 1.88 bits per heavy atom. The average molecular weight is 463 g/mol. The topological polar surface area (TPSA) is 47.2 Å². The quantitative estimate of drug-likeness (QED) is 0.659. The Hall–Kier alpha value is -0.0800. The van der Waals surface area contributed by atoms with Gasteiger partial charge in [-0.2, -0.15) is 0 Å². The lowest BCUT2D eigenvalue weighted by molar-refractivity contribution is 0.413. The monoisotopic (exact) mass is 461 g/mol. The highest BCUT2D eigenvalue weighted by atomic mass is 35.5. The lowest BCUT2D eigenvalue weighted by Gasteiger charge is -2.30. The molecule has 5 nitrogen and oxygen atoms in total. The number of halogens is 4. The van der Waals surface area contributed by atoms with E-state index < -0.39 is 0 Å². The van der Waals surface area contributed by atoms with Gasteiger partial charge in [-0.15, -0.1) is 37.2 Å². The Morgan fingerprint density at radius 3 is 2.50 bits per heavy atom. The first-order valence-corrected chi connectivity index (χ1v) is 9.25. The predicted molar refractivity (Wildman–Crippen MR) is 122 cm³/mol. The summed E-state index contributed by atoms with van der Waals surface area (Å²) in [5.74, 6) is 0. The highest BCUT2D eigenvalue weighted by molar-refractivity contribution is 7.99. The third-order valence-corrected chi connectivity index (χ3v) is 5.19. The molecule has 1 aliphatic heterocycles. The molecule has 1 fully saturated rings. The zero-order valence-corrected chi connectivity index (χ0v) is 19.1. The molecular formula is C16H27Cl4N5S. The lowest BCUT2D eigenvalue weighted by atomic mass is 10.2. The molecule has 0 aliphatic carbocycles. The molecule has 2 heterocycles. The Balaban J connectivity index is 0.00000208. The van der Waals surface area contributed by atoms with Gasteiger partial charge in [0.15, 0.2) is 5.16 Å². The van der Waals surface area contributed by atoms with Crippen LogP contribution < -0.4 is 10.2 Å². The van der Waals surface area contributed by atoms with Gasteiger partial charge in [-0.25, -0.2) is 4.98 Å². The molecule has 26 heavy (non-hydrogen) atoms. The van der Waals surface area contributed by atoms with Crippen molar-refractivity contribution in [2.24, 2.45) is 0 Å². The number of thioether (sulfide) groups is 1. The first kappa shape index (κ1) is 25.9. The van der Waals surface area contributed by atoms with E-state index >= 15 is 0 Å². The zero-order chi connectivity index (χ0) is 16.4. The summed E-state index contributed by atoms with van der Waals surface area (Å²) in [7, 11) is 4.18. The van der Waals surface area contributed by atoms with Gasteiger partial charge in [0.25, 0.3) is 0 Å². The highest BCUT2D eigenvalue weighted by Gasteiger charge is 2.16. The molecule has 3 rings (SSSR count). The maximum atomic E-state index is 6.49. The van der Waals surface area contributed by atoms with Gasteiger partial charge < -0.3 is 20.1 Å². The van der Waals surface area contributed by atoms with E-state index in [1.165, 1.54) is 0 Å². The van der Waals surface area contributed by atoms with E-state index in [2.05, 4.69) is 52.2 Å². The summed E-state index contributed by atoms with van der Waals surface area (Å²) in [6.45, 7) is 7.22. The van der Waals surface area contributed by atoms with Gasteiger partial charge in [0.2, 0.25) is 0 Å². The maximum Gasteiger partial charge on any atom is 0.166 e. The number of hydrogen-bond donors (Lipinski definition) is 2. The summed E-state index contributed by atoms with van der Waals surface area (Å²) in [5, 5.41) is 5.59. The molecule has 0 spiro atoms. The molecule has 1 aliphatic rings. The minimum Gasteiger partial charge on any atom is -0.368 e. The molecule has 0 bridgehead atoms. The van der Waals surface area contributed by atoms with Crippen LogP contribution in [0.4, 0.5) is 5.69 Å². The first-order valence-electron chi connectivity index (χ1n) is 7.99. The fourth-order valence-corrected chi connectivity index (χ4v) is 4.29. The van der Waals surface area contributed by atoms with Crippen molar-refractivity contribution in [3.05, 3.63) is 17.2 Å². The van der Waals surface area contributed by atoms with Crippen molar-refractivity contribution in [3.63, 3.8) is 0 Å². The molecule has 10 heteroatoms. The van der Waals surface area contributed by atoms with E-state index in [0.717, 1.165) is 59.6 Å². The number of nitrogens with zero attached hydrogens (tertiary/aromatic N) is 3. The van der Waals surface area contributed by atoms with Crippen LogP contribution in [0.2, 0.25) is 5.02 Å². The zero-order valence-electron chi connectivity index (χ0n) is 15.1. The second-order valence-electron chi connectivity index (χ2n) is 6.29. The van der Waals surface area contributed by atoms with E-state index in [4.69, 9.17) is 11.6 Å². The summed E-state index contributed by atoms with van der Waals surface area (Å²) >= 11 is 8.26. The summed E-state index contributed by atoms with van der Waals surface area (Å²) < 4.78 is 0. The molecule has 1 unspecified atom stereocenters. The normalized spacial score (nSPS) is 15.2. The molecule has 1 saturated heterocycles. The molecule has 150 valence electrons. The molecule has 1 aromatic carbocycles. The summed E-state index contributed by atoms with van der Waals surface area (Å²) in [6.07, 6.45) is 0. The van der Waals surface area contributed by atoms with Crippen molar-refractivity contribution < 1.29 is 0 Å². The van der Waals surface area contributed by atoms with E-state index in [-0.39, 0.29) is 37.2 Å². The van der Waals surface area contributed by atoms with Crippen molar-refractivity contribution in [3.8, 4) is 0 Å². The standard InChI is InChI=1S/C16H24ClN5S.3ClH/c1-11(10-21(2)3)23-16-19-13-8-12(17)15(9-14(13)20-16)22-6-4-18-5-7-22;;;/h8-9,11,18H,4-7,10H2,1-3H3,(H,19,20);3*1H. The van der Waals surface area contributed by atoms with E-state index in [9.17, 15) is 0 Å². The Morgan fingerprint density at radius 1 is 1.23 bits per heavy atom. The second-order valence-corrected chi connectivity index (χ2v) is 8.12. The van der Waals surface area contributed by atoms with E-state index in [1.807, 2.05) is 6.07 Å². The van der Waals surface area contributed by atoms with Crippen LogP contribution >= 0.6 is 60.6 Å². The van der Waals surface area contributed by atoms with Crippen LogP contribution in [-0.2, 0) is 0 Å². The smallest absolute Gasteiger partial charge is 0.166 e. The molecule has 0 radical (unpaired) electrons. The van der Waals surface area contributed by atoms with Crippen LogP contribution in [0.1, 0.15) is 6.92 Å². The number of hydrogen-bond acceptors (Lipinski definition) is 5. The van der Waals surface area contributed by atoms with Crippen molar-refractivity contribution >= 4 is 77.3 Å². The molecule has 0 saturated carbocycles. The van der Waals surface area contributed by atoms with Gasteiger partial charge in [0.1, 0.15) is 0 Å². The van der Waals surface area contributed by atoms with Crippen LogP contribution in [0.15, 0.2) is 17.3 Å². The number of anilines is 1. The van der Waals surface area contributed by atoms with Crippen LogP contribution in [-0.4, -0.2) is 66.9 Å². The molecule has 0 amide bonds. The first-order chi connectivity index (χ1) is 11.0. The summed E-state index contributed by atoms with van der Waals surface area (Å²) in [4.78, 5) is 12.6. The number of aromatic amines is 1. The van der Waals surface area contributed by atoms with Crippen molar-refractivity contribution in [2.45, 2.75) is 17.3 Å². The molecule has 2 aromatic rings. The molecule has 2 N–H and O–H groups in total. The average Bonchev–Trinajstić information content (AvgIpc) is 2.87. The van der Waals surface area contributed by atoms with Gasteiger partial charge >= 0.3 is 0 Å². The Kier molecular flexibility index (Phi) is 11.7. The number of benzene rings is 1. The van der Waals surface area contributed by atoms with Crippen LogP contribution in [0.5, 0.6) is 0 Å². The number of aromatic nitrogens is 2. The second kappa shape index (κ2) is 11.7. The Labute approximate surface area is 183 Å². The molecule has 1 aromatic heterocycles.